The Morgan fingerprint density at radius 1 is 1.14 bits per heavy atom. The van der Waals surface area contributed by atoms with Crippen molar-refractivity contribution in [3.05, 3.63) is 29.8 Å². The highest BCUT2D eigenvalue weighted by Crippen LogP contribution is 2.30. The first-order chi connectivity index (χ1) is 10.3. The first kappa shape index (κ1) is 13.1. The number of fused-ring (bicyclic) bond motifs is 3. The molecule has 3 saturated heterocycles. The van der Waals surface area contributed by atoms with E-state index in [1.165, 1.54) is 25.9 Å². The minimum Gasteiger partial charge on any atom is -0.381 e. The third kappa shape index (κ3) is 2.91. The molecule has 0 spiro atoms. The van der Waals surface area contributed by atoms with Crippen LogP contribution in [-0.4, -0.2) is 42.5 Å². The van der Waals surface area contributed by atoms with E-state index in [1.807, 2.05) is 18.2 Å². The average molecular weight is 285 g/mol. The molecule has 4 nitrogen and oxygen atoms in total. The van der Waals surface area contributed by atoms with Crippen molar-refractivity contribution in [2.75, 3.05) is 25.0 Å². The zero-order valence-corrected chi connectivity index (χ0v) is 12.3. The van der Waals surface area contributed by atoms with Gasteiger partial charge in [-0.3, -0.25) is 4.79 Å². The van der Waals surface area contributed by atoms with E-state index in [1.54, 1.807) is 0 Å². The molecule has 21 heavy (non-hydrogen) atoms. The molecule has 2 bridgehead atoms. The molecule has 5 rings (SSSR count). The molecular formula is C17H23N3O. The Kier molecular flexibility index (Phi) is 3.34. The summed E-state index contributed by atoms with van der Waals surface area (Å²) >= 11 is 0. The molecule has 3 heterocycles. The van der Waals surface area contributed by atoms with Gasteiger partial charge < -0.3 is 15.5 Å². The van der Waals surface area contributed by atoms with Crippen molar-refractivity contribution < 1.29 is 4.79 Å². The average Bonchev–Trinajstić information content (AvgIpc) is 3.33. The second-order valence-electron chi connectivity index (χ2n) is 6.72. The summed E-state index contributed by atoms with van der Waals surface area (Å²) in [4.78, 5) is 14.7. The van der Waals surface area contributed by atoms with Gasteiger partial charge in [-0.05, 0) is 62.9 Å². The van der Waals surface area contributed by atoms with E-state index in [-0.39, 0.29) is 5.91 Å². The molecule has 1 unspecified atom stereocenters. The quantitative estimate of drug-likeness (QED) is 0.890. The summed E-state index contributed by atoms with van der Waals surface area (Å²) in [5.41, 5.74) is 1.85. The van der Waals surface area contributed by atoms with Gasteiger partial charge in [0.15, 0.2) is 0 Å². The van der Waals surface area contributed by atoms with Gasteiger partial charge in [0.2, 0.25) is 0 Å². The maximum Gasteiger partial charge on any atom is 0.251 e. The van der Waals surface area contributed by atoms with E-state index in [9.17, 15) is 4.79 Å². The van der Waals surface area contributed by atoms with E-state index in [0.717, 1.165) is 36.6 Å². The van der Waals surface area contributed by atoms with Gasteiger partial charge in [0.25, 0.3) is 5.91 Å². The molecule has 4 fully saturated rings. The van der Waals surface area contributed by atoms with Crippen LogP contribution >= 0.6 is 0 Å². The highest BCUT2D eigenvalue weighted by atomic mass is 16.1. The molecule has 4 heteroatoms. The van der Waals surface area contributed by atoms with Gasteiger partial charge >= 0.3 is 0 Å². The summed E-state index contributed by atoms with van der Waals surface area (Å²) < 4.78 is 0. The summed E-state index contributed by atoms with van der Waals surface area (Å²) in [6.07, 6.45) is 4.87. The summed E-state index contributed by atoms with van der Waals surface area (Å²) in [5.74, 6) is 0.856. The predicted octanol–water partition coefficient (Wildman–Crippen LogP) is 2.08. The van der Waals surface area contributed by atoms with E-state index < -0.39 is 0 Å². The number of nitrogens with one attached hydrogen (secondary N) is 2. The van der Waals surface area contributed by atoms with Crippen LogP contribution in [0.5, 0.6) is 0 Å². The number of hydrogen-bond acceptors (Lipinski definition) is 3. The second kappa shape index (κ2) is 5.34. The van der Waals surface area contributed by atoms with E-state index in [0.29, 0.717) is 12.1 Å². The SMILES string of the molecule is O=C(NC1CC1)c1cccc(NC2CN3CCC2CC3)c1. The molecule has 2 N–H and O–H groups in total. The van der Waals surface area contributed by atoms with Crippen molar-refractivity contribution >= 4 is 11.6 Å². The molecule has 1 aromatic carbocycles. The Balaban J connectivity index is 1.44. The van der Waals surface area contributed by atoms with Crippen LogP contribution in [0.4, 0.5) is 5.69 Å². The Morgan fingerprint density at radius 3 is 2.62 bits per heavy atom. The molecule has 1 aliphatic carbocycles. The summed E-state index contributed by atoms with van der Waals surface area (Å²) in [6, 6.07) is 8.90. The van der Waals surface area contributed by atoms with Crippen molar-refractivity contribution in [2.24, 2.45) is 5.92 Å². The zero-order valence-electron chi connectivity index (χ0n) is 12.3. The number of anilines is 1. The number of benzene rings is 1. The smallest absolute Gasteiger partial charge is 0.251 e. The first-order valence-electron chi connectivity index (χ1n) is 8.18. The lowest BCUT2D eigenvalue weighted by molar-refractivity contribution is 0.0950. The maximum absolute atomic E-state index is 12.1. The van der Waals surface area contributed by atoms with Crippen molar-refractivity contribution in [3.63, 3.8) is 0 Å². The fourth-order valence-electron chi connectivity index (χ4n) is 3.59. The summed E-state index contributed by atoms with van der Waals surface area (Å²) in [6.45, 7) is 3.66. The number of piperidine rings is 3. The van der Waals surface area contributed by atoms with Gasteiger partial charge in [-0.2, -0.15) is 0 Å². The van der Waals surface area contributed by atoms with Crippen molar-refractivity contribution in [2.45, 2.75) is 37.8 Å². The number of nitrogens with zero attached hydrogens (tertiary/aromatic N) is 1. The van der Waals surface area contributed by atoms with Gasteiger partial charge in [-0.1, -0.05) is 6.07 Å². The molecule has 1 amide bonds. The van der Waals surface area contributed by atoms with Crippen LogP contribution in [0.15, 0.2) is 24.3 Å². The molecule has 3 aliphatic heterocycles. The molecule has 1 saturated carbocycles. The predicted molar refractivity (Wildman–Crippen MR) is 83.5 cm³/mol. The maximum atomic E-state index is 12.1. The highest BCUT2D eigenvalue weighted by molar-refractivity contribution is 5.95. The Labute approximate surface area is 125 Å². The van der Waals surface area contributed by atoms with Gasteiger partial charge in [0.05, 0.1) is 0 Å². The fraction of sp³-hybridized carbons (Fsp3) is 0.588. The Bertz CT molecular complexity index is 533. The lowest BCUT2D eigenvalue weighted by Gasteiger charge is -2.45. The van der Waals surface area contributed by atoms with Gasteiger partial charge in [0.1, 0.15) is 0 Å². The monoisotopic (exact) mass is 285 g/mol. The standard InChI is InChI=1S/C17H23N3O/c21-17(19-14-4-5-14)13-2-1-3-15(10-13)18-16-11-20-8-6-12(16)7-9-20/h1-3,10,12,14,16,18H,4-9,11H2,(H,19,21). The molecule has 0 radical (unpaired) electrons. The molecule has 4 aliphatic rings. The lowest BCUT2D eigenvalue weighted by Crippen LogP contribution is -2.53. The molecular weight excluding hydrogens is 262 g/mol. The van der Waals surface area contributed by atoms with Crippen LogP contribution < -0.4 is 10.6 Å². The van der Waals surface area contributed by atoms with Crippen LogP contribution in [0.2, 0.25) is 0 Å². The van der Waals surface area contributed by atoms with Crippen molar-refractivity contribution in [1.29, 1.82) is 0 Å². The van der Waals surface area contributed by atoms with Gasteiger partial charge in [-0.15, -0.1) is 0 Å². The third-order valence-corrected chi connectivity index (χ3v) is 5.05. The Morgan fingerprint density at radius 2 is 1.95 bits per heavy atom. The normalized spacial score (nSPS) is 31.0. The van der Waals surface area contributed by atoms with Crippen LogP contribution in [0.3, 0.4) is 0 Å². The minimum atomic E-state index is 0.0649. The number of carbonyl (C=O) groups is 1. The minimum absolute atomic E-state index is 0.0649. The molecule has 1 atom stereocenters. The number of carbonyl (C=O) groups excluding carboxylic acids is 1. The summed E-state index contributed by atoms with van der Waals surface area (Å²) in [5, 5.41) is 6.71. The largest absolute Gasteiger partial charge is 0.381 e. The van der Waals surface area contributed by atoms with E-state index in [4.69, 9.17) is 0 Å². The third-order valence-electron chi connectivity index (χ3n) is 5.05. The van der Waals surface area contributed by atoms with Crippen LogP contribution in [0, 0.1) is 5.92 Å². The van der Waals surface area contributed by atoms with Crippen LogP contribution in [-0.2, 0) is 0 Å². The Hall–Kier alpha value is -1.55. The van der Waals surface area contributed by atoms with Crippen molar-refractivity contribution in [1.82, 2.24) is 10.2 Å². The second-order valence-corrected chi connectivity index (χ2v) is 6.72. The molecule has 112 valence electrons. The fourth-order valence-corrected chi connectivity index (χ4v) is 3.59. The number of amides is 1. The lowest BCUT2D eigenvalue weighted by atomic mass is 9.84. The number of hydrogen-bond donors (Lipinski definition) is 2. The van der Waals surface area contributed by atoms with E-state index in [2.05, 4.69) is 21.6 Å². The zero-order chi connectivity index (χ0) is 14.2. The van der Waals surface area contributed by atoms with Crippen LogP contribution in [0.1, 0.15) is 36.0 Å². The van der Waals surface area contributed by atoms with Gasteiger partial charge in [0, 0.05) is 29.9 Å². The van der Waals surface area contributed by atoms with Gasteiger partial charge in [-0.25, -0.2) is 0 Å². The first-order valence-corrected chi connectivity index (χ1v) is 8.18. The molecule has 1 aromatic rings. The topological polar surface area (TPSA) is 44.4 Å². The highest BCUT2D eigenvalue weighted by Gasteiger charge is 2.34. The number of rotatable bonds is 4. The molecule has 0 aromatic heterocycles. The summed E-state index contributed by atoms with van der Waals surface area (Å²) in [7, 11) is 0. The van der Waals surface area contributed by atoms with E-state index >= 15 is 0 Å². The van der Waals surface area contributed by atoms with Crippen molar-refractivity contribution in [3.8, 4) is 0 Å². The van der Waals surface area contributed by atoms with Crippen LogP contribution in [0.25, 0.3) is 0 Å².